The molecule has 142 valence electrons. The Morgan fingerprint density at radius 3 is 3.00 bits per heavy atom. The number of H-pyrrole nitrogens is 1. The molecule has 0 bridgehead atoms. The highest BCUT2D eigenvalue weighted by Gasteiger charge is 2.23. The summed E-state index contributed by atoms with van der Waals surface area (Å²) in [6.45, 7) is 6.73. The first-order chi connectivity index (χ1) is 12.6. The molecule has 0 radical (unpaired) electrons. The average molecular weight is 377 g/mol. The fourth-order valence-electron chi connectivity index (χ4n) is 3.42. The van der Waals surface area contributed by atoms with Crippen LogP contribution in [-0.2, 0) is 24.1 Å². The number of thiophene rings is 1. The van der Waals surface area contributed by atoms with E-state index in [-0.39, 0.29) is 11.5 Å². The predicted molar refractivity (Wildman–Crippen MR) is 106 cm³/mol. The van der Waals surface area contributed by atoms with Gasteiger partial charge in [0.05, 0.1) is 5.39 Å². The van der Waals surface area contributed by atoms with Crippen LogP contribution in [0.4, 0.5) is 0 Å². The summed E-state index contributed by atoms with van der Waals surface area (Å²) in [5, 5.41) is 6.91. The van der Waals surface area contributed by atoms with Crippen LogP contribution in [0.2, 0.25) is 0 Å². The molecule has 2 heterocycles. The zero-order valence-electron chi connectivity index (χ0n) is 15.6. The number of amides is 1. The number of aromatic nitrogens is 2. The highest BCUT2D eigenvalue weighted by molar-refractivity contribution is 7.18. The first-order valence-electron chi connectivity index (χ1n) is 9.59. The minimum atomic E-state index is -0.0544. The fraction of sp³-hybridized carbons (Fsp3) is 0.632. The molecule has 3 rings (SSSR count). The van der Waals surface area contributed by atoms with E-state index in [2.05, 4.69) is 34.4 Å². The van der Waals surface area contributed by atoms with Crippen molar-refractivity contribution in [1.29, 1.82) is 0 Å². The lowest BCUT2D eigenvalue weighted by Gasteiger charge is -2.17. The predicted octanol–water partition coefficient (Wildman–Crippen LogP) is 2.16. The third-order valence-electron chi connectivity index (χ3n) is 4.85. The van der Waals surface area contributed by atoms with Crippen molar-refractivity contribution in [2.75, 3.05) is 19.6 Å². The van der Waals surface area contributed by atoms with Gasteiger partial charge in [-0.2, -0.15) is 0 Å². The van der Waals surface area contributed by atoms with Crippen LogP contribution in [0.15, 0.2) is 4.79 Å². The summed E-state index contributed by atoms with van der Waals surface area (Å²) in [4.78, 5) is 34.1. The number of nitrogens with one attached hydrogen (secondary N) is 3. The van der Waals surface area contributed by atoms with Gasteiger partial charge in [-0.25, -0.2) is 4.98 Å². The molecule has 0 fully saturated rings. The van der Waals surface area contributed by atoms with Crippen molar-refractivity contribution in [2.24, 2.45) is 5.92 Å². The van der Waals surface area contributed by atoms with E-state index in [0.717, 1.165) is 49.0 Å². The Morgan fingerprint density at radius 2 is 2.19 bits per heavy atom. The van der Waals surface area contributed by atoms with Gasteiger partial charge >= 0.3 is 0 Å². The Labute approximate surface area is 157 Å². The number of carbonyl (C=O) groups is 1. The lowest BCUT2D eigenvalue weighted by molar-refractivity contribution is -0.121. The highest BCUT2D eigenvalue weighted by atomic mass is 32.1. The maximum absolute atomic E-state index is 12.5. The lowest BCUT2D eigenvalue weighted by atomic mass is 9.89. The number of nitrogens with zero attached hydrogens (tertiary/aromatic N) is 1. The van der Waals surface area contributed by atoms with Crippen molar-refractivity contribution in [1.82, 2.24) is 20.6 Å². The van der Waals surface area contributed by atoms with Crippen molar-refractivity contribution in [3.8, 4) is 0 Å². The number of rotatable bonds is 8. The van der Waals surface area contributed by atoms with E-state index in [9.17, 15) is 9.59 Å². The molecule has 0 saturated heterocycles. The van der Waals surface area contributed by atoms with Crippen LogP contribution in [0, 0.1) is 5.92 Å². The van der Waals surface area contributed by atoms with Gasteiger partial charge in [0.2, 0.25) is 5.91 Å². The Kier molecular flexibility index (Phi) is 6.43. The normalized spacial score (nSPS) is 16.6. The molecule has 3 N–H and O–H groups in total. The van der Waals surface area contributed by atoms with E-state index in [1.807, 2.05) is 0 Å². The first kappa shape index (κ1) is 19.0. The third kappa shape index (κ3) is 4.51. The Balaban J connectivity index is 1.61. The van der Waals surface area contributed by atoms with Crippen LogP contribution in [0.25, 0.3) is 10.2 Å². The van der Waals surface area contributed by atoms with Crippen LogP contribution in [0.3, 0.4) is 0 Å². The molecule has 2 aromatic heterocycles. The molecular weight excluding hydrogens is 348 g/mol. The topological polar surface area (TPSA) is 86.9 Å². The second-order valence-electron chi connectivity index (χ2n) is 7.14. The van der Waals surface area contributed by atoms with Crippen molar-refractivity contribution in [3.63, 3.8) is 0 Å². The van der Waals surface area contributed by atoms with Gasteiger partial charge in [0.25, 0.3) is 5.56 Å². The number of aromatic amines is 1. The molecule has 6 nitrogen and oxygen atoms in total. The summed E-state index contributed by atoms with van der Waals surface area (Å²) in [7, 11) is 0. The molecular formula is C19H28N4O2S. The van der Waals surface area contributed by atoms with Gasteiger partial charge < -0.3 is 15.6 Å². The molecule has 0 aliphatic heterocycles. The lowest BCUT2D eigenvalue weighted by Crippen LogP contribution is -2.32. The maximum Gasteiger partial charge on any atom is 0.259 e. The summed E-state index contributed by atoms with van der Waals surface area (Å²) in [5.41, 5.74) is 1.14. The average Bonchev–Trinajstić information content (AvgIpc) is 2.97. The first-order valence-corrected chi connectivity index (χ1v) is 10.4. The molecule has 1 aliphatic rings. The molecule has 1 amide bonds. The second-order valence-corrected chi connectivity index (χ2v) is 8.23. The number of aryl methyl sites for hydroxylation is 2. The molecule has 0 aromatic carbocycles. The minimum Gasteiger partial charge on any atom is -0.355 e. The monoisotopic (exact) mass is 376 g/mol. The second kappa shape index (κ2) is 8.77. The van der Waals surface area contributed by atoms with Gasteiger partial charge in [0.15, 0.2) is 0 Å². The zero-order valence-corrected chi connectivity index (χ0v) is 16.4. The molecule has 0 spiro atoms. The van der Waals surface area contributed by atoms with Gasteiger partial charge in [0, 0.05) is 30.8 Å². The van der Waals surface area contributed by atoms with Crippen molar-refractivity contribution < 1.29 is 4.79 Å². The number of fused-ring (bicyclic) bond motifs is 3. The van der Waals surface area contributed by atoms with Crippen LogP contribution >= 0.6 is 11.3 Å². The van der Waals surface area contributed by atoms with Gasteiger partial charge in [-0.05, 0) is 43.7 Å². The Hall–Kier alpha value is -1.73. The molecule has 0 saturated carbocycles. The summed E-state index contributed by atoms with van der Waals surface area (Å²) in [6.07, 6.45) is 5.02. The van der Waals surface area contributed by atoms with E-state index in [4.69, 9.17) is 0 Å². The zero-order chi connectivity index (χ0) is 18.5. The minimum absolute atomic E-state index is 0.00894. The summed E-state index contributed by atoms with van der Waals surface area (Å²) >= 11 is 1.65. The number of hydrogen-bond acceptors (Lipinski definition) is 5. The standard InChI is InChI=1S/C19H28N4O2S/c1-3-8-20-9-10-21-16(24)7-6-15-22-18(25)17-13-5-4-12(2)11-14(13)26-19(17)23-15/h12,20H,3-11H2,1-2H3,(H,21,24)(H,22,23,25). The van der Waals surface area contributed by atoms with Crippen molar-refractivity contribution in [2.45, 2.75) is 52.4 Å². The van der Waals surface area contributed by atoms with E-state index in [1.165, 1.54) is 10.4 Å². The maximum atomic E-state index is 12.5. The van der Waals surface area contributed by atoms with Crippen LogP contribution in [0.1, 0.15) is 49.4 Å². The van der Waals surface area contributed by atoms with Gasteiger partial charge in [-0.3, -0.25) is 9.59 Å². The van der Waals surface area contributed by atoms with Gasteiger partial charge in [-0.15, -0.1) is 11.3 Å². The van der Waals surface area contributed by atoms with Crippen LogP contribution in [0.5, 0.6) is 0 Å². The largest absolute Gasteiger partial charge is 0.355 e. The van der Waals surface area contributed by atoms with E-state index in [0.29, 0.717) is 31.1 Å². The summed E-state index contributed by atoms with van der Waals surface area (Å²) in [5.74, 6) is 1.27. The number of carbonyl (C=O) groups excluding carboxylic acids is 1. The van der Waals surface area contributed by atoms with Crippen molar-refractivity contribution >= 4 is 27.5 Å². The molecule has 1 aliphatic carbocycles. The molecule has 2 aromatic rings. The van der Waals surface area contributed by atoms with Gasteiger partial charge in [0.1, 0.15) is 10.7 Å². The molecule has 26 heavy (non-hydrogen) atoms. The quantitative estimate of drug-likeness (QED) is 0.616. The van der Waals surface area contributed by atoms with E-state index < -0.39 is 0 Å². The Morgan fingerprint density at radius 1 is 1.35 bits per heavy atom. The summed E-state index contributed by atoms with van der Waals surface area (Å²) in [6, 6.07) is 0. The van der Waals surface area contributed by atoms with Crippen LogP contribution in [-0.4, -0.2) is 35.5 Å². The molecule has 7 heteroatoms. The molecule has 1 atom stereocenters. The van der Waals surface area contributed by atoms with Gasteiger partial charge in [-0.1, -0.05) is 13.8 Å². The SMILES string of the molecule is CCCNCCNC(=O)CCc1nc2sc3c(c2c(=O)[nH]1)CCC(C)C3. The van der Waals surface area contributed by atoms with E-state index >= 15 is 0 Å². The number of hydrogen-bond donors (Lipinski definition) is 3. The van der Waals surface area contributed by atoms with E-state index in [1.54, 1.807) is 11.3 Å². The van der Waals surface area contributed by atoms with Crippen molar-refractivity contribution in [3.05, 3.63) is 26.6 Å². The Bertz CT molecular complexity index is 827. The smallest absolute Gasteiger partial charge is 0.259 e. The third-order valence-corrected chi connectivity index (χ3v) is 6.00. The molecule has 1 unspecified atom stereocenters. The highest BCUT2D eigenvalue weighted by Crippen LogP contribution is 2.35. The van der Waals surface area contributed by atoms with Crippen LogP contribution < -0.4 is 16.2 Å². The fourth-order valence-corrected chi connectivity index (χ4v) is 4.83. The summed E-state index contributed by atoms with van der Waals surface area (Å²) < 4.78 is 0.